The molecular weight excluding hydrogens is 252 g/mol. The van der Waals surface area contributed by atoms with Gasteiger partial charge in [-0.3, -0.25) is 0 Å². The molecule has 1 fully saturated rings. The zero-order chi connectivity index (χ0) is 14.5. The number of nitrogen functional groups attached to an aromatic ring is 1. The maximum Gasteiger partial charge on any atom is 0.158 e. The van der Waals surface area contributed by atoms with Gasteiger partial charge >= 0.3 is 0 Å². The van der Waals surface area contributed by atoms with E-state index in [4.69, 9.17) is 10.5 Å². The van der Waals surface area contributed by atoms with Crippen LogP contribution in [0.3, 0.4) is 0 Å². The van der Waals surface area contributed by atoms with Crippen molar-refractivity contribution < 1.29 is 4.74 Å². The van der Waals surface area contributed by atoms with Crippen molar-refractivity contribution >= 4 is 11.6 Å². The van der Waals surface area contributed by atoms with Crippen LogP contribution in [-0.2, 0) is 11.3 Å². The highest BCUT2D eigenvalue weighted by molar-refractivity contribution is 5.45. The molecule has 1 heterocycles. The first-order valence-corrected chi connectivity index (χ1v) is 7.56. The fraction of sp³-hybridized carbons (Fsp3) is 0.733. The number of anilines is 2. The Morgan fingerprint density at radius 1 is 1.35 bits per heavy atom. The van der Waals surface area contributed by atoms with Gasteiger partial charge < -0.3 is 15.8 Å². The number of ether oxygens (including phenoxy) is 1. The van der Waals surface area contributed by atoms with E-state index in [-0.39, 0.29) is 0 Å². The minimum atomic E-state index is 0.410. The molecule has 1 saturated carbocycles. The van der Waals surface area contributed by atoms with Crippen molar-refractivity contribution in [1.82, 2.24) is 9.97 Å². The summed E-state index contributed by atoms with van der Waals surface area (Å²) in [4.78, 5) is 8.69. The maximum atomic E-state index is 5.85. The summed E-state index contributed by atoms with van der Waals surface area (Å²) < 4.78 is 5.35. The first kappa shape index (κ1) is 15.0. The highest BCUT2D eigenvalue weighted by Crippen LogP contribution is 2.30. The number of nitrogens with one attached hydrogen (secondary N) is 1. The van der Waals surface area contributed by atoms with Crippen LogP contribution in [0, 0.1) is 11.8 Å². The molecule has 112 valence electrons. The molecule has 0 aliphatic heterocycles. The van der Waals surface area contributed by atoms with Crippen LogP contribution in [0.5, 0.6) is 0 Å². The van der Waals surface area contributed by atoms with Crippen molar-refractivity contribution in [3.63, 3.8) is 0 Å². The summed E-state index contributed by atoms with van der Waals surface area (Å²) in [5, 5.41) is 3.52. The molecule has 3 atom stereocenters. The summed E-state index contributed by atoms with van der Waals surface area (Å²) in [7, 11) is 0. The lowest BCUT2D eigenvalue weighted by Gasteiger charge is -2.33. The second kappa shape index (κ2) is 6.88. The topological polar surface area (TPSA) is 73.1 Å². The molecule has 0 amide bonds. The van der Waals surface area contributed by atoms with Crippen LogP contribution < -0.4 is 11.1 Å². The molecule has 3 N–H and O–H groups in total. The smallest absolute Gasteiger partial charge is 0.158 e. The van der Waals surface area contributed by atoms with Crippen LogP contribution in [0.2, 0.25) is 0 Å². The monoisotopic (exact) mass is 278 g/mol. The van der Waals surface area contributed by atoms with Crippen molar-refractivity contribution in [2.75, 3.05) is 17.7 Å². The minimum Gasteiger partial charge on any atom is -0.384 e. The minimum absolute atomic E-state index is 0.410. The van der Waals surface area contributed by atoms with Gasteiger partial charge in [-0.15, -0.1) is 0 Å². The Labute approximate surface area is 121 Å². The van der Waals surface area contributed by atoms with Gasteiger partial charge in [-0.05, 0) is 38.0 Å². The van der Waals surface area contributed by atoms with E-state index in [1.54, 1.807) is 6.07 Å². The Bertz CT molecular complexity index is 438. The van der Waals surface area contributed by atoms with Crippen molar-refractivity contribution in [1.29, 1.82) is 0 Å². The number of aromatic nitrogens is 2. The van der Waals surface area contributed by atoms with E-state index in [1.807, 2.05) is 6.92 Å². The van der Waals surface area contributed by atoms with Gasteiger partial charge in [0.2, 0.25) is 0 Å². The van der Waals surface area contributed by atoms with Crippen molar-refractivity contribution in [2.24, 2.45) is 11.8 Å². The zero-order valence-electron chi connectivity index (χ0n) is 12.7. The predicted molar refractivity (Wildman–Crippen MR) is 81.4 cm³/mol. The van der Waals surface area contributed by atoms with E-state index in [2.05, 4.69) is 29.1 Å². The average molecular weight is 278 g/mol. The molecule has 0 aromatic carbocycles. The van der Waals surface area contributed by atoms with E-state index in [9.17, 15) is 0 Å². The van der Waals surface area contributed by atoms with E-state index in [0.717, 1.165) is 11.7 Å². The van der Waals surface area contributed by atoms with Gasteiger partial charge in [0.1, 0.15) is 18.2 Å². The molecule has 2 rings (SSSR count). The average Bonchev–Trinajstić information content (AvgIpc) is 2.39. The van der Waals surface area contributed by atoms with Crippen LogP contribution >= 0.6 is 0 Å². The summed E-state index contributed by atoms with van der Waals surface area (Å²) in [5.41, 5.74) is 5.85. The Balaban J connectivity index is 2.03. The van der Waals surface area contributed by atoms with Gasteiger partial charge in [0.15, 0.2) is 5.82 Å². The normalized spacial score (nSPS) is 26.4. The molecule has 1 aliphatic rings. The van der Waals surface area contributed by atoms with E-state index in [1.165, 1.54) is 19.3 Å². The number of nitrogens with zero attached hydrogens (tertiary/aromatic N) is 2. The maximum absolute atomic E-state index is 5.85. The molecule has 1 aromatic rings. The fourth-order valence-corrected chi connectivity index (χ4v) is 2.92. The van der Waals surface area contributed by atoms with Gasteiger partial charge in [0.25, 0.3) is 0 Å². The standard InChI is InChI=1S/C15H26N4O/c1-4-20-9-15-18-13(16)8-14(19-15)17-12-6-5-10(2)7-11(12)3/h8,10-12H,4-7,9H2,1-3H3,(H3,16,17,18,19). The lowest BCUT2D eigenvalue weighted by Crippen LogP contribution is -2.33. The van der Waals surface area contributed by atoms with Crippen LogP contribution in [-0.4, -0.2) is 22.6 Å². The molecule has 5 heteroatoms. The molecule has 0 bridgehead atoms. The fourth-order valence-electron chi connectivity index (χ4n) is 2.92. The lowest BCUT2D eigenvalue weighted by molar-refractivity contribution is 0.128. The highest BCUT2D eigenvalue weighted by Gasteiger charge is 2.25. The summed E-state index contributed by atoms with van der Waals surface area (Å²) in [5.74, 6) is 3.44. The van der Waals surface area contributed by atoms with Crippen LogP contribution in [0.15, 0.2) is 6.07 Å². The number of rotatable bonds is 5. The van der Waals surface area contributed by atoms with Crippen molar-refractivity contribution in [3.8, 4) is 0 Å². The molecule has 1 aliphatic carbocycles. The summed E-state index contributed by atoms with van der Waals surface area (Å²) in [6, 6.07) is 2.28. The number of nitrogens with two attached hydrogens (primary N) is 1. The van der Waals surface area contributed by atoms with Gasteiger partial charge in [-0.25, -0.2) is 9.97 Å². The van der Waals surface area contributed by atoms with Gasteiger partial charge in [0.05, 0.1) is 0 Å². The Morgan fingerprint density at radius 3 is 2.85 bits per heavy atom. The third kappa shape index (κ3) is 4.07. The molecule has 0 saturated heterocycles. The predicted octanol–water partition coefficient (Wildman–Crippen LogP) is 2.83. The molecule has 5 nitrogen and oxygen atoms in total. The van der Waals surface area contributed by atoms with Crippen molar-refractivity contribution in [3.05, 3.63) is 11.9 Å². The number of hydrogen-bond acceptors (Lipinski definition) is 5. The van der Waals surface area contributed by atoms with Crippen LogP contribution in [0.1, 0.15) is 45.9 Å². The molecule has 1 aromatic heterocycles. The van der Waals surface area contributed by atoms with Crippen molar-refractivity contribution in [2.45, 2.75) is 52.7 Å². The summed E-state index contributed by atoms with van der Waals surface area (Å²) in [6.45, 7) is 7.65. The summed E-state index contributed by atoms with van der Waals surface area (Å²) in [6.07, 6.45) is 3.73. The third-order valence-electron chi connectivity index (χ3n) is 3.99. The van der Waals surface area contributed by atoms with E-state index >= 15 is 0 Å². The van der Waals surface area contributed by atoms with Gasteiger partial charge in [-0.1, -0.05) is 13.8 Å². The molecule has 3 unspecified atom stereocenters. The quantitative estimate of drug-likeness (QED) is 0.866. The Hall–Kier alpha value is -1.36. The van der Waals surface area contributed by atoms with Crippen LogP contribution in [0.25, 0.3) is 0 Å². The van der Waals surface area contributed by atoms with Gasteiger partial charge in [-0.2, -0.15) is 0 Å². The SMILES string of the molecule is CCOCc1nc(N)cc(NC2CCC(C)CC2C)n1. The third-order valence-corrected chi connectivity index (χ3v) is 3.99. The highest BCUT2D eigenvalue weighted by atomic mass is 16.5. The van der Waals surface area contributed by atoms with E-state index in [0.29, 0.717) is 36.8 Å². The van der Waals surface area contributed by atoms with E-state index < -0.39 is 0 Å². The summed E-state index contributed by atoms with van der Waals surface area (Å²) >= 11 is 0. The lowest BCUT2D eigenvalue weighted by atomic mass is 9.80. The first-order valence-electron chi connectivity index (χ1n) is 7.56. The molecular formula is C15H26N4O. The molecule has 20 heavy (non-hydrogen) atoms. The molecule has 0 radical (unpaired) electrons. The largest absolute Gasteiger partial charge is 0.384 e. The Morgan fingerprint density at radius 2 is 2.15 bits per heavy atom. The molecule has 0 spiro atoms. The van der Waals surface area contributed by atoms with Crippen LogP contribution in [0.4, 0.5) is 11.6 Å². The number of hydrogen-bond donors (Lipinski definition) is 2. The second-order valence-electron chi connectivity index (χ2n) is 5.88. The first-order chi connectivity index (χ1) is 9.58. The van der Waals surface area contributed by atoms with Gasteiger partial charge in [0, 0.05) is 18.7 Å². The second-order valence-corrected chi connectivity index (χ2v) is 5.88. The Kier molecular flexibility index (Phi) is 5.17. The zero-order valence-corrected chi connectivity index (χ0v) is 12.7.